The summed E-state index contributed by atoms with van der Waals surface area (Å²) in [6, 6.07) is 10.2. The summed E-state index contributed by atoms with van der Waals surface area (Å²) in [5.41, 5.74) is 2.32. The molecule has 2 aliphatic rings. The largest absolute Gasteiger partial charge is 0.353 e. The third kappa shape index (κ3) is 4.34. The van der Waals surface area contributed by atoms with Crippen LogP contribution in [-0.4, -0.2) is 53.7 Å². The number of anilines is 3. The summed E-state index contributed by atoms with van der Waals surface area (Å²) in [4.78, 5) is 21.0. The lowest BCUT2D eigenvalue weighted by Gasteiger charge is -2.37. The lowest BCUT2D eigenvalue weighted by Crippen LogP contribution is -2.47. The molecule has 0 bridgehead atoms. The van der Waals surface area contributed by atoms with Crippen molar-refractivity contribution in [1.82, 2.24) is 15.0 Å². The van der Waals surface area contributed by atoms with Crippen molar-refractivity contribution in [3.05, 3.63) is 59.8 Å². The van der Waals surface area contributed by atoms with Crippen molar-refractivity contribution in [2.45, 2.75) is 32.7 Å². The van der Waals surface area contributed by atoms with Crippen molar-refractivity contribution in [3.63, 3.8) is 0 Å². The van der Waals surface area contributed by atoms with Crippen molar-refractivity contribution < 1.29 is 8.78 Å². The van der Waals surface area contributed by atoms with E-state index in [2.05, 4.69) is 39.6 Å². The Kier molecular flexibility index (Phi) is 5.83. The number of nitrogens with zero attached hydrogens (tertiary/aromatic N) is 6. The second kappa shape index (κ2) is 8.92. The van der Waals surface area contributed by atoms with Gasteiger partial charge >= 0.3 is 0 Å². The Morgan fingerprint density at radius 3 is 2.39 bits per heavy atom. The van der Waals surface area contributed by atoms with Gasteiger partial charge in [0.05, 0.1) is 5.69 Å². The van der Waals surface area contributed by atoms with E-state index in [0.717, 1.165) is 63.3 Å². The molecule has 172 valence electrons. The van der Waals surface area contributed by atoms with E-state index >= 15 is 0 Å². The van der Waals surface area contributed by atoms with Gasteiger partial charge in [0.25, 0.3) is 0 Å². The van der Waals surface area contributed by atoms with Gasteiger partial charge in [-0.05, 0) is 56.5 Å². The van der Waals surface area contributed by atoms with Gasteiger partial charge in [0, 0.05) is 56.6 Å². The number of pyridine rings is 1. The van der Waals surface area contributed by atoms with Crippen LogP contribution in [0.3, 0.4) is 0 Å². The lowest BCUT2D eigenvalue weighted by atomic mass is 10.1. The van der Waals surface area contributed by atoms with E-state index in [1.165, 1.54) is 11.6 Å². The fourth-order valence-electron chi connectivity index (χ4n) is 4.70. The number of aromatic nitrogens is 3. The minimum atomic E-state index is -0.872. The first-order valence-corrected chi connectivity index (χ1v) is 11.5. The van der Waals surface area contributed by atoms with Crippen LogP contribution < -0.4 is 14.7 Å². The van der Waals surface area contributed by atoms with E-state index in [1.54, 1.807) is 6.07 Å². The minimum absolute atomic E-state index is 0.349. The summed E-state index contributed by atoms with van der Waals surface area (Å²) in [5.74, 6) is 0.760. The molecule has 4 heterocycles. The molecule has 0 aliphatic carbocycles. The van der Waals surface area contributed by atoms with E-state index in [9.17, 15) is 8.78 Å². The summed E-state index contributed by atoms with van der Waals surface area (Å²) in [5, 5.41) is 0. The van der Waals surface area contributed by atoms with Crippen LogP contribution in [0.5, 0.6) is 0 Å². The van der Waals surface area contributed by atoms with Crippen LogP contribution in [-0.2, 0) is 0 Å². The molecule has 6 nitrogen and oxygen atoms in total. The standard InChI is InChI=1S/C25H28F2N6/c1-17-5-3-9-28-24(17)32-13-11-31(12-14-32)23-16-22(19-7-8-20(26)21(27)15-19)29-25(30-23)33-10-4-6-18(33)2/h3,5,7-9,15-16,18H,4,6,10-14H2,1-2H3. The molecule has 33 heavy (non-hydrogen) atoms. The molecule has 1 aromatic carbocycles. The van der Waals surface area contributed by atoms with E-state index in [0.29, 0.717) is 23.2 Å². The molecule has 1 atom stereocenters. The second-order valence-corrected chi connectivity index (χ2v) is 8.84. The Labute approximate surface area is 192 Å². The topological polar surface area (TPSA) is 48.4 Å². The molecule has 2 fully saturated rings. The van der Waals surface area contributed by atoms with Gasteiger partial charge in [0.15, 0.2) is 11.6 Å². The Bertz CT molecular complexity index is 1150. The van der Waals surface area contributed by atoms with Crippen LogP contribution in [0.1, 0.15) is 25.3 Å². The van der Waals surface area contributed by atoms with Crippen LogP contribution in [0.25, 0.3) is 11.3 Å². The number of hydrogen-bond acceptors (Lipinski definition) is 6. The highest BCUT2D eigenvalue weighted by Gasteiger charge is 2.26. The van der Waals surface area contributed by atoms with Crippen molar-refractivity contribution in [2.75, 3.05) is 47.4 Å². The van der Waals surface area contributed by atoms with Crippen LogP contribution in [0.2, 0.25) is 0 Å². The second-order valence-electron chi connectivity index (χ2n) is 8.84. The smallest absolute Gasteiger partial charge is 0.228 e. The zero-order valence-corrected chi connectivity index (χ0v) is 19.0. The molecule has 0 radical (unpaired) electrons. The zero-order valence-electron chi connectivity index (χ0n) is 19.0. The van der Waals surface area contributed by atoms with Gasteiger partial charge in [0.2, 0.25) is 5.95 Å². The van der Waals surface area contributed by atoms with Crippen molar-refractivity contribution in [1.29, 1.82) is 0 Å². The zero-order chi connectivity index (χ0) is 22.9. The van der Waals surface area contributed by atoms with Gasteiger partial charge in [-0.1, -0.05) is 6.07 Å². The molecule has 5 rings (SSSR count). The SMILES string of the molecule is Cc1cccnc1N1CCN(c2cc(-c3ccc(F)c(F)c3)nc(N3CCCC3C)n2)CC1. The summed E-state index contributed by atoms with van der Waals surface area (Å²) >= 11 is 0. The summed E-state index contributed by atoms with van der Waals surface area (Å²) in [7, 11) is 0. The quantitative estimate of drug-likeness (QED) is 0.586. The molecule has 1 unspecified atom stereocenters. The Morgan fingerprint density at radius 2 is 1.70 bits per heavy atom. The summed E-state index contributed by atoms with van der Waals surface area (Å²) in [6.07, 6.45) is 4.02. The number of halogens is 2. The third-order valence-corrected chi connectivity index (χ3v) is 6.61. The maximum Gasteiger partial charge on any atom is 0.228 e. The first kappa shape index (κ1) is 21.6. The van der Waals surface area contributed by atoms with Gasteiger partial charge in [-0.15, -0.1) is 0 Å². The molecule has 0 spiro atoms. The Hall–Kier alpha value is -3.29. The summed E-state index contributed by atoms with van der Waals surface area (Å²) < 4.78 is 27.5. The molecule has 2 aromatic heterocycles. The molecular weight excluding hydrogens is 422 g/mol. The molecule has 0 amide bonds. The van der Waals surface area contributed by atoms with Gasteiger partial charge in [-0.25, -0.2) is 18.7 Å². The molecule has 2 aliphatic heterocycles. The van der Waals surface area contributed by atoms with Crippen LogP contribution >= 0.6 is 0 Å². The van der Waals surface area contributed by atoms with E-state index < -0.39 is 11.6 Å². The van der Waals surface area contributed by atoms with E-state index in [-0.39, 0.29) is 0 Å². The third-order valence-electron chi connectivity index (χ3n) is 6.61. The van der Waals surface area contributed by atoms with Gasteiger partial charge in [-0.3, -0.25) is 0 Å². The maximum atomic E-state index is 14.0. The summed E-state index contributed by atoms with van der Waals surface area (Å²) in [6.45, 7) is 8.40. The monoisotopic (exact) mass is 450 g/mol. The van der Waals surface area contributed by atoms with Crippen LogP contribution in [0, 0.1) is 18.6 Å². The minimum Gasteiger partial charge on any atom is -0.353 e. The van der Waals surface area contributed by atoms with E-state index in [4.69, 9.17) is 9.97 Å². The molecule has 8 heteroatoms. The fourth-order valence-corrected chi connectivity index (χ4v) is 4.70. The number of aryl methyl sites for hydroxylation is 1. The van der Waals surface area contributed by atoms with Crippen molar-refractivity contribution in [3.8, 4) is 11.3 Å². The molecule has 0 saturated carbocycles. The predicted octanol–water partition coefficient (Wildman–Crippen LogP) is 4.44. The average molecular weight is 451 g/mol. The number of rotatable bonds is 4. The van der Waals surface area contributed by atoms with E-state index in [1.807, 2.05) is 18.3 Å². The fraction of sp³-hybridized carbons (Fsp3) is 0.400. The highest BCUT2D eigenvalue weighted by molar-refractivity contribution is 5.66. The first-order chi connectivity index (χ1) is 16.0. The molecular formula is C25H28F2N6. The molecule has 0 N–H and O–H groups in total. The van der Waals surface area contributed by atoms with Crippen LogP contribution in [0.4, 0.5) is 26.4 Å². The molecule has 3 aromatic rings. The number of piperazine rings is 1. The highest BCUT2D eigenvalue weighted by atomic mass is 19.2. The number of benzene rings is 1. The maximum absolute atomic E-state index is 14.0. The van der Waals surface area contributed by atoms with Crippen LogP contribution in [0.15, 0.2) is 42.6 Å². The van der Waals surface area contributed by atoms with Gasteiger partial charge < -0.3 is 14.7 Å². The normalized spacial score (nSPS) is 18.8. The van der Waals surface area contributed by atoms with Gasteiger partial charge in [0.1, 0.15) is 11.6 Å². The van der Waals surface area contributed by atoms with Gasteiger partial charge in [-0.2, -0.15) is 4.98 Å². The average Bonchev–Trinajstić information content (AvgIpc) is 3.27. The van der Waals surface area contributed by atoms with Crippen molar-refractivity contribution in [2.24, 2.45) is 0 Å². The predicted molar refractivity (Wildman–Crippen MR) is 127 cm³/mol. The first-order valence-electron chi connectivity index (χ1n) is 11.5. The Morgan fingerprint density at radius 1 is 0.909 bits per heavy atom. The molecule has 2 saturated heterocycles. The lowest BCUT2D eigenvalue weighted by molar-refractivity contribution is 0.509. The number of hydrogen-bond donors (Lipinski definition) is 0. The highest BCUT2D eigenvalue weighted by Crippen LogP contribution is 2.30. The Balaban J connectivity index is 1.45. The van der Waals surface area contributed by atoms with Crippen molar-refractivity contribution >= 4 is 17.6 Å².